The fourth-order valence-electron chi connectivity index (χ4n) is 16.0. The highest BCUT2D eigenvalue weighted by atomic mass is 32.2. The minimum atomic E-state index is -1.83. The number of carbonyl (C=O) groups is 17. The lowest BCUT2D eigenvalue weighted by Gasteiger charge is -2.35. The van der Waals surface area contributed by atoms with Crippen LogP contribution in [-0.4, -0.2) is 306 Å². The van der Waals surface area contributed by atoms with E-state index in [9.17, 15) is 62.6 Å². The molecule has 17 amide bonds. The van der Waals surface area contributed by atoms with E-state index in [1.54, 1.807) is 105 Å². The van der Waals surface area contributed by atoms with Crippen LogP contribution in [0.5, 0.6) is 0 Å². The Kier molecular flexibility index (Phi) is 37.1. The number of aliphatic hydroxyl groups excluding tert-OH is 1. The highest BCUT2D eigenvalue weighted by Crippen LogP contribution is 2.28. The van der Waals surface area contributed by atoms with Gasteiger partial charge in [0.05, 0.1) is 38.2 Å². The molecule has 702 valence electrons. The van der Waals surface area contributed by atoms with E-state index in [4.69, 9.17) is 22.6 Å². The molecule has 3 aliphatic rings. The number of aromatic nitrogens is 4. The van der Waals surface area contributed by atoms with Crippen molar-refractivity contribution in [2.75, 3.05) is 72.0 Å². The van der Waals surface area contributed by atoms with E-state index in [1.165, 1.54) is 50.4 Å². The summed E-state index contributed by atoms with van der Waals surface area (Å²) in [5.41, 5.74) is 20.0. The third-order valence-corrected chi connectivity index (χ3v) is 24.1. The molecular formula is C87H120N24O18S. The Morgan fingerprint density at radius 1 is 0.546 bits per heavy atom. The van der Waals surface area contributed by atoms with Gasteiger partial charge in [-0.1, -0.05) is 100 Å². The minimum absolute atomic E-state index is 0.00747. The van der Waals surface area contributed by atoms with Crippen molar-refractivity contribution in [3.8, 4) is 0 Å². The molecule has 22 N–H and O–H groups in total. The van der Waals surface area contributed by atoms with Gasteiger partial charge in [-0.25, -0.2) is 4.98 Å². The minimum Gasteiger partial charge on any atom is -0.394 e. The summed E-state index contributed by atoms with van der Waals surface area (Å²) < 4.78 is 0. The van der Waals surface area contributed by atoms with Crippen LogP contribution in [0.15, 0.2) is 104 Å². The van der Waals surface area contributed by atoms with Gasteiger partial charge in [0, 0.05) is 118 Å². The molecule has 130 heavy (non-hydrogen) atoms. The second kappa shape index (κ2) is 48.1. The first kappa shape index (κ1) is 100. The number of aliphatic hydroxyl groups is 1. The van der Waals surface area contributed by atoms with Gasteiger partial charge in [-0.2, -0.15) is 0 Å². The number of hydrogen-bond acceptors (Lipinski definition) is 21. The summed E-state index contributed by atoms with van der Waals surface area (Å²) in [6, 6.07) is 3.15. The fourth-order valence-corrected chi connectivity index (χ4v) is 16.9. The lowest BCUT2D eigenvalue weighted by molar-refractivity contribution is -0.148. The number of benzene rings is 3. The number of thioether (sulfide) groups is 1. The lowest BCUT2D eigenvalue weighted by Crippen LogP contribution is -2.61. The number of likely N-dealkylation sites (N-methyl/N-ethyl adjacent to an activating group) is 3. The Bertz CT molecular complexity index is 5050. The summed E-state index contributed by atoms with van der Waals surface area (Å²) in [6.45, 7) is 4.07. The molecule has 42 nitrogen and oxygen atoms in total. The summed E-state index contributed by atoms with van der Waals surface area (Å²) in [6.07, 6.45) is 5.59. The van der Waals surface area contributed by atoms with Crippen LogP contribution in [0, 0.1) is 11.3 Å². The van der Waals surface area contributed by atoms with Gasteiger partial charge in [0.1, 0.15) is 78.5 Å². The zero-order valence-corrected chi connectivity index (χ0v) is 74.7. The molecule has 3 saturated heterocycles. The number of guanidine groups is 1. The number of nitrogens with one attached hydrogen (secondary N) is 15. The molecule has 0 bridgehead atoms. The van der Waals surface area contributed by atoms with Crippen molar-refractivity contribution in [3.05, 3.63) is 126 Å². The summed E-state index contributed by atoms with van der Waals surface area (Å²) in [4.78, 5) is 266. The topological polar surface area (TPSA) is 621 Å². The van der Waals surface area contributed by atoms with E-state index in [1.807, 2.05) is 6.92 Å². The fraction of sp³-hybridized carbons (Fsp3) is 0.506. The Labute approximate surface area is 755 Å². The first-order valence-corrected chi connectivity index (χ1v) is 44.5. The number of carbonyl (C=O) groups excluding carboxylic acids is 17. The smallest absolute Gasteiger partial charge is 0.246 e. The highest BCUT2D eigenvalue weighted by Gasteiger charge is 2.45. The maximum Gasteiger partial charge on any atom is 0.246 e. The van der Waals surface area contributed by atoms with Gasteiger partial charge in [-0.3, -0.25) is 86.9 Å². The number of rotatable bonds is 23. The van der Waals surface area contributed by atoms with E-state index in [0.29, 0.717) is 57.0 Å². The lowest BCUT2D eigenvalue weighted by atomic mass is 10.0. The molecule has 3 aliphatic heterocycles. The third kappa shape index (κ3) is 28.0. The standard InChI is InChI=1S/C87H120N24O18S/c1-8-9-27-67-80(123)100-58(26-17-30-93-87(90)91)76(119)106-66(75(118)96-42-71(89)114)45-130-46-73(116)99-62(34-50-20-11-10-12-21-50)83(126)108(6)49(4)74(117)102-64(38-70(88)113)85(128)110-31-18-28-68(110)81(124)101-60(37-53-41-92-47-97-53)78(121)103-61(33-48(2)3)82(125)107(5)43-72(115)98-59(35-51-39-94-56-24-15-13-22-54(51)56)77(120)105-65(44-112)79(122)104-63(36-52-40-95-57-25-16-14-23-55(52)57)84(127)111-32-19-29-69(111)86(129)109(67)7/h10-16,20-25,39-41,47-49,58-69,94-95,112H,8-9,17-19,26-38,42-46H2,1-7H3,(H2,88,113)(H2,89,114)(H,92,97)(H,96,118)(H,98,115)(H,99,116)(H,100,123)(H,101,124)(H,102,117)(H,103,121)(H,104,122)(H,105,120)(H,106,119)(H4,90,91,93)/t49-,58-,59-,60-,61-,62-,63?,64-,65-,66-,67-,68-,69-/m0/s1. The van der Waals surface area contributed by atoms with Crippen molar-refractivity contribution < 1.29 is 86.6 Å². The highest BCUT2D eigenvalue weighted by molar-refractivity contribution is 8.00. The second-order valence-corrected chi connectivity index (χ2v) is 34.3. The van der Waals surface area contributed by atoms with Crippen LogP contribution in [0.1, 0.15) is 121 Å². The van der Waals surface area contributed by atoms with Gasteiger partial charge in [0.25, 0.3) is 0 Å². The zero-order chi connectivity index (χ0) is 94.6. The molecule has 3 aromatic heterocycles. The van der Waals surface area contributed by atoms with Crippen LogP contribution >= 0.6 is 11.8 Å². The summed E-state index contributed by atoms with van der Waals surface area (Å²) >= 11 is 0.797. The van der Waals surface area contributed by atoms with Crippen molar-refractivity contribution in [2.45, 2.75) is 203 Å². The first-order chi connectivity index (χ1) is 62.0. The van der Waals surface area contributed by atoms with Crippen LogP contribution in [0.3, 0.4) is 0 Å². The average molecular weight is 1820 g/mol. The summed E-state index contributed by atoms with van der Waals surface area (Å²) in [5, 5.41) is 49.3. The number of unbranched alkanes of at least 4 members (excludes halogenated alkanes) is 1. The van der Waals surface area contributed by atoms with Gasteiger partial charge in [-0.05, 0) is 93.0 Å². The molecule has 9 rings (SSSR count). The van der Waals surface area contributed by atoms with Gasteiger partial charge >= 0.3 is 0 Å². The zero-order valence-electron chi connectivity index (χ0n) is 73.9. The number of primary amides is 2. The molecule has 0 aliphatic carbocycles. The number of hydrogen-bond donors (Lipinski definition) is 19. The van der Waals surface area contributed by atoms with Crippen LogP contribution in [0.2, 0.25) is 0 Å². The SMILES string of the molecule is CCCC[C@H]1C(=O)N[C@@H](CCCNC(=N)N)C(=O)N[C@H](C(=O)NCC(N)=O)CSCC(=O)N[C@@H](Cc2ccccc2)C(=O)N(C)[C@@H](C)C(=O)N[C@@H](CC(N)=O)C(=O)N2CCC[C@H]2C(=O)N[C@@H](Cc2cnc[nH]2)C(=O)N[C@@H](CC(C)C)C(=O)N(C)CC(=O)N[C@@H](Cc2c[nH]c3ccccc23)C(=O)N[C@@H](CO)C(=O)NC(Cc2c[nH]c3ccccc23)C(=O)N2CCC[C@H]2C(=O)N1C. The van der Waals surface area contributed by atoms with Crippen molar-refractivity contribution in [3.63, 3.8) is 0 Å². The van der Waals surface area contributed by atoms with Crippen LogP contribution in [0.25, 0.3) is 21.8 Å². The van der Waals surface area contributed by atoms with Crippen molar-refractivity contribution >= 4 is 140 Å². The Morgan fingerprint density at radius 2 is 1.09 bits per heavy atom. The van der Waals surface area contributed by atoms with Crippen LogP contribution in [0.4, 0.5) is 0 Å². The van der Waals surface area contributed by atoms with Gasteiger partial charge in [0.15, 0.2) is 5.96 Å². The van der Waals surface area contributed by atoms with E-state index < -0.39 is 223 Å². The van der Waals surface area contributed by atoms with Crippen LogP contribution in [-0.2, 0) is 107 Å². The molecule has 6 aromatic rings. The number of H-pyrrole nitrogens is 3. The molecule has 0 saturated carbocycles. The van der Waals surface area contributed by atoms with E-state index in [0.717, 1.165) is 26.5 Å². The number of para-hydroxylation sites is 2. The number of nitrogens with two attached hydrogens (primary N) is 3. The first-order valence-electron chi connectivity index (χ1n) is 43.4. The molecule has 0 radical (unpaired) electrons. The molecule has 0 spiro atoms. The third-order valence-electron chi connectivity index (χ3n) is 23.0. The van der Waals surface area contributed by atoms with Gasteiger partial charge in [-0.15, -0.1) is 11.8 Å². The Hall–Kier alpha value is -13.5. The normalized spacial score (nSPS) is 24.1. The predicted octanol–water partition coefficient (Wildman–Crippen LogP) is -3.16. The van der Waals surface area contributed by atoms with Gasteiger partial charge in [0.2, 0.25) is 100 Å². The van der Waals surface area contributed by atoms with Gasteiger partial charge < -0.3 is 120 Å². The quantitative estimate of drug-likeness (QED) is 0.0171. The number of fused-ring (bicyclic) bond motifs is 4. The van der Waals surface area contributed by atoms with Crippen molar-refractivity contribution in [1.82, 2.24) is 103 Å². The molecule has 13 atom stereocenters. The molecule has 3 fully saturated rings. The number of aromatic amines is 3. The van der Waals surface area contributed by atoms with E-state index >= 15 is 24.0 Å². The maximum atomic E-state index is 15.6. The maximum absolute atomic E-state index is 15.6. The molecule has 3 aromatic carbocycles. The average Bonchev–Trinajstić information content (AvgIpc) is 1.63. The second-order valence-electron chi connectivity index (χ2n) is 33.2. The Balaban J connectivity index is 1.07. The summed E-state index contributed by atoms with van der Waals surface area (Å²) in [7, 11) is 3.90. The number of nitrogens with zero attached hydrogens (tertiary/aromatic N) is 6. The summed E-state index contributed by atoms with van der Waals surface area (Å²) in [5.74, 6) is -16.9. The molecule has 43 heteroatoms. The monoisotopic (exact) mass is 1820 g/mol. The van der Waals surface area contributed by atoms with Crippen LogP contribution < -0.4 is 75.7 Å². The van der Waals surface area contributed by atoms with E-state index in [2.05, 4.69) is 78.4 Å². The molecule has 1 unspecified atom stereocenters. The van der Waals surface area contributed by atoms with Crippen molar-refractivity contribution in [1.29, 1.82) is 5.41 Å². The largest absolute Gasteiger partial charge is 0.394 e. The molecular weight excluding hydrogens is 1700 g/mol. The molecule has 6 heterocycles. The number of amides is 17. The van der Waals surface area contributed by atoms with E-state index in [-0.39, 0.29) is 103 Å². The van der Waals surface area contributed by atoms with Crippen molar-refractivity contribution in [2.24, 2.45) is 23.1 Å². The number of imidazole rings is 1. The Morgan fingerprint density at radius 3 is 1.70 bits per heavy atom. The predicted molar refractivity (Wildman–Crippen MR) is 478 cm³/mol.